The van der Waals surface area contributed by atoms with Crippen LogP contribution in [0.5, 0.6) is 0 Å². The molecule has 2 N–H and O–H groups in total. The number of hydrogen-bond donors (Lipinski definition) is 2. The zero-order valence-corrected chi connectivity index (χ0v) is 12.2. The van der Waals surface area contributed by atoms with Gasteiger partial charge in [-0.05, 0) is 30.6 Å². The Hall–Kier alpha value is -1.63. The van der Waals surface area contributed by atoms with Crippen molar-refractivity contribution < 1.29 is 18.3 Å². The number of carboxylic acid groups (broad SMARTS) is 1. The van der Waals surface area contributed by atoms with Gasteiger partial charge < -0.3 is 5.11 Å². The molecule has 0 amide bonds. The third-order valence-corrected chi connectivity index (χ3v) is 4.47. The van der Waals surface area contributed by atoms with E-state index in [0.29, 0.717) is 5.75 Å². The average molecular weight is 315 g/mol. The maximum atomic E-state index is 12.0. The molecule has 1 aromatic rings. The normalized spacial score (nSPS) is 12.6. The zero-order chi connectivity index (χ0) is 15.2. The van der Waals surface area contributed by atoms with Crippen LogP contribution in [0.15, 0.2) is 23.2 Å². The molecule has 0 aliphatic rings. The molecule has 7 nitrogen and oxygen atoms in total. The van der Waals surface area contributed by atoms with Gasteiger partial charge in [0, 0.05) is 6.20 Å². The van der Waals surface area contributed by atoms with Gasteiger partial charge in [0.15, 0.2) is 0 Å². The molecule has 1 aromatic heterocycles. The minimum absolute atomic E-state index is 0.0844. The Bertz CT molecular complexity index is 608. The van der Waals surface area contributed by atoms with E-state index in [1.165, 1.54) is 23.9 Å². The summed E-state index contributed by atoms with van der Waals surface area (Å²) in [6, 6.07) is 3.04. The third-order valence-electron chi connectivity index (χ3n) is 2.37. The Kier molecular flexibility index (Phi) is 5.94. The van der Waals surface area contributed by atoms with Crippen molar-refractivity contribution in [2.24, 2.45) is 0 Å². The molecule has 0 saturated carbocycles. The Labute approximate surface area is 121 Å². The lowest BCUT2D eigenvalue weighted by Gasteiger charge is -2.14. The van der Waals surface area contributed by atoms with Gasteiger partial charge in [0.25, 0.3) is 0 Å². The van der Waals surface area contributed by atoms with Gasteiger partial charge in [-0.3, -0.25) is 4.79 Å². The number of nitrogens with one attached hydrogen (secondary N) is 1. The monoisotopic (exact) mass is 315 g/mol. The lowest BCUT2D eigenvalue weighted by Crippen LogP contribution is -2.41. The number of rotatable bonds is 7. The second-order valence-electron chi connectivity index (χ2n) is 3.78. The van der Waals surface area contributed by atoms with Gasteiger partial charge in [0.05, 0.1) is 0 Å². The number of nitrogens with zero attached hydrogens (tertiary/aromatic N) is 2. The van der Waals surface area contributed by atoms with Crippen LogP contribution in [0.25, 0.3) is 0 Å². The van der Waals surface area contributed by atoms with E-state index >= 15 is 0 Å². The fourth-order valence-corrected chi connectivity index (χ4v) is 2.97. The predicted molar refractivity (Wildman–Crippen MR) is 73.7 cm³/mol. The van der Waals surface area contributed by atoms with E-state index in [1.54, 1.807) is 12.3 Å². The standard InChI is InChI=1S/C11H13N3O4S2/c1-19-5-4-10(11(15)16)14-20(17,18)9-3-2-8(6-12)13-7-9/h2-3,7,10,14H,4-5H2,1H3,(H,15,16)/t10-/m1/s1. The number of carboxylic acids is 1. The second kappa shape index (κ2) is 7.23. The highest BCUT2D eigenvalue weighted by atomic mass is 32.2. The highest BCUT2D eigenvalue weighted by molar-refractivity contribution is 7.98. The number of sulfonamides is 1. The molecule has 1 atom stereocenters. The summed E-state index contributed by atoms with van der Waals surface area (Å²) in [5, 5.41) is 17.6. The van der Waals surface area contributed by atoms with Gasteiger partial charge in [-0.25, -0.2) is 13.4 Å². The molecule has 0 aliphatic carbocycles. The maximum absolute atomic E-state index is 12.0. The van der Waals surface area contributed by atoms with Crippen molar-refractivity contribution in [3.63, 3.8) is 0 Å². The van der Waals surface area contributed by atoms with Gasteiger partial charge >= 0.3 is 5.97 Å². The van der Waals surface area contributed by atoms with Crippen molar-refractivity contribution in [2.45, 2.75) is 17.4 Å². The molecule has 0 aliphatic heterocycles. The molecule has 0 aromatic carbocycles. The van der Waals surface area contributed by atoms with E-state index in [0.717, 1.165) is 6.20 Å². The van der Waals surface area contributed by atoms with E-state index in [4.69, 9.17) is 10.4 Å². The summed E-state index contributed by atoms with van der Waals surface area (Å²) in [5.74, 6) is -0.713. The Morgan fingerprint density at radius 3 is 2.75 bits per heavy atom. The van der Waals surface area contributed by atoms with Crippen LogP contribution in [0, 0.1) is 11.3 Å². The second-order valence-corrected chi connectivity index (χ2v) is 6.48. The summed E-state index contributed by atoms with van der Waals surface area (Å²) < 4.78 is 26.1. The number of hydrogen-bond acceptors (Lipinski definition) is 6. The van der Waals surface area contributed by atoms with Crippen LogP contribution < -0.4 is 4.72 Å². The van der Waals surface area contributed by atoms with Crippen LogP contribution in [-0.4, -0.2) is 42.5 Å². The number of carbonyl (C=O) groups is 1. The van der Waals surface area contributed by atoms with Crippen molar-refractivity contribution in [3.8, 4) is 6.07 Å². The van der Waals surface area contributed by atoms with Crippen LogP contribution in [0.3, 0.4) is 0 Å². The number of aromatic nitrogens is 1. The Morgan fingerprint density at radius 2 is 2.30 bits per heavy atom. The highest BCUT2D eigenvalue weighted by Crippen LogP contribution is 2.10. The smallest absolute Gasteiger partial charge is 0.321 e. The van der Waals surface area contributed by atoms with E-state index in [1.807, 2.05) is 0 Å². The molecular weight excluding hydrogens is 302 g/mol. The molecular formula is C11H13N3O4S2. The maximum Gasteiger partial charge on any atom is 0.321 e. The molecule has 0 spiro atoms. The Balaban J connectivity index is 2.91. The summed E-state index contributed by atoms with van der Waals surface area (Å²) in [6.07, 6.45) is 3.01. The van der Waals surface area contributed by atoms with Crippen molar-refractivity contribution in [1.82, 2.24) is 9.71 Å². The molecule has 1 rings (SSSR count). The molecule has 0 unspecified atom stereocenters. The molecule has 0 radical (unpaired) electrons. The first-order valence-corrected chi connectivity index (χ1v) is 8.38. The lowest BCUT2D eigenvalue weighted by molar-refractivity contribution is -0.139. The number of pyridine rings is 1. The van der Waals surface area contributed by atoms with Crippen molar-refractivity contribution in [3.05, 3.63) is 24.0 Å². The number of thioether (sulfide) groups is 1. The van der Waals surface area contributed by atoms with Gasteiger partial charge in [-0.15, -0.1) is 0 Å². The lowest BCUT2D eigenvalue weighted by atomic mass is 10.2. The van der Waals surface area contributed by atoms with E-state index in [9.17, 15) is 13.2 Å². The van der Waals surface area contributed by atoms with Crippen molar-refractivity contribution in [2.75, 3.05) is 12.0 Å². The molecule has 1 heterocycles. The number of nitriles is 1. The molecule has 108 valence electrons. The van der Waals surface area contributed by atoms with Crippen LogP contribution in [0.4, 0.5) is 0 Å². The van der Waals surface area contributed by atoms with Crippen LogP contribution in [0.1, 0.15) is 12.1 Å². The Morgan fingerprint density at radius 1 is 1.60 bits per heavy atom. The quantitative estimate of drug-likeness (QED) is 0.749. The van der Waals surface area contributed by atoms with Crippen LogP contribution >= 0.6 is 11.8 Å². The zero-order valence-electron chi connectivity index (χ0n) is 10.6. The minimum atomic E-state index is -3.97. The summed E-state index contributed by atoms with van der Waals surface area (Å²) in [7, 11) is -3.97. The summed E-state index contributed by atoms with van der Waals surface area (Å²) in [6.45, 7) is 0. The SMILES string of the molecule is CSCC[C@@H](NS(=O)(=O)c1ccc(C#N)nc1)C(=O)O. The van der Waals surface area contributed by atoms with Crippen molar-refractivity contribution >= 4 is 27.8 Å². The fraction of sp³-hybridized carbons (Fsp3) is 0.364. The molecule has 9 heteroatoms. The largest absolute Gasteiger partial charge is 0.480 e. The van der Waals surface area contributed by atoms with E-state index in [-0.39, 0.29) is 17.0 Å². The molecule has 0 fully saturated rings. The molecule has 0 bridgehead atoms. The third kappa shape index (κ3) is 4.48. The van der Waals surface area contributed by atoms with Gasteiger partial charge in [0.1, 0.15) is 22.7 Å². The van der Waals surface area contributed by atoms with Crippen LogP contribution in [0.2, 0.25) is 0 Å². The molecule has 20 heavy (non-hydrogen) atoms. The average Bonchev–Trinajstić information content (AvgIpc) is 2.43. The van der Waals surface area contributed by atoms with Gasteiger partial charge in [-0.2, -0.15) is 21.7 Å². The van der Waals surface area contributed by atoms with Crippen molar-refractivity contribution in [1.29, 1.82) is 5.26 Å². The highest BCUT2D eigenvalue weighted by Gasteiger charge is 2.25. The van der Waals surface area contributed by atoms with Crippen LogP contribution in [-0.2, 0) is 14.8 Å². The van der Waals surface area contributed by atoms with Gasteiger partial charge in [0.2, 0.25) is 10.0 Å². The first-order valence-electron chi connectivity index (χ1n) is 5.51. The first-order chi connectivity index (χ1) is 9.40. The summed E-state index contributed by atoms with van der Waals surface area (Å²) >= 11 is 1.43. The molecule has 0 saturated heterocycles. The topological polar surface area (TPSA) is 120 Å². The minimum Gasteiger partial charge on any atom is -0.480 e. The number of aliphatic carboxylic acids is 1. The fourth-order valence-electron chi connectivity index (χ4n) is 1.33. The summed E-state index contributed by atoms with van der Waals surface area (Å²) in [5.41, 5.74) is 0.0844. The first kappa shape index (κ1) is 16.4. The summed E-state index contributed by atoms with van der Waals surface area (Å²) in [4.78, 5) is 14.5. The van der Waals surface area contributed by atoms with Gasteiger partial charge in [-0.1, -0.05) is 0 Å². The van der Waals surface area contributed by atoms with E-state index in [2.05, 4.69) is 9.71 Å². The predicted octanol–water partition coefficient (Wildman–Crippen LogP) is 0.438. The van der Waals surface area contributed by atoms with E-state index < -0.39 is 22.0 Å².